The number of rotatable bonds is 2. The molecule has 4 bridgehead atoms. The molecule has 4 saturated carbocycles. The number of nitrogens with zero attached hydrogens (tertiary/aromatic N) is 2. The van der Waals surface area contributed by atoms with Crippen molar-refractivity contribution < 1.29 is 9.13 Å². The molecule has 0 spiro atoms. The van der Waals surface area contributed by atoms with Crippen molar-refractivity contribution in [3.05, 3.63) is 23.1 Å². The van der Waals surface area contributed by atoms with E-state index in [9.17, 15) is 0 Å². The van der Waals surface area contributed by atoms with Gasteiger partial charge in [0.25, 0.3) is 0 Å². The second-order valence-corrected chi connectivity index (χ2v) is 10.2. The maximum absolute atomic E-state index is 15.3. The molecule has 2 heterocycles. The van der Waals surface area contributed by atoms with Crippen molar-refractivity contribution in [2.45, 2.75) is 76.2 Å². The highest BCUT2D eigenvalue weighted by Gasteiger charge is 2.60. The first-order valence-corrected chi connectivity index (χ1v) is 10.8. The molecule has 5 aliphatic rings. The highest BCUT2D eigenvalue weighted by atomic mass is 19.1. The number of hydrogen-bond donors (Lipinski definition) is 2. The summed E-state index contributed by atoms with van der Waals surface area (Å²) in [6, 6.07) is 1.69. The van der Waals surface area contributed by atoms with Gasteiger partial charge in [0.2, 0.25) is 0 Å². The predicted molar refractivity (Wildman–Crippen MR) is 107 cm³/mol. The van der Waals surface area contributed by atoms with Crippen LogP contribution in [0.4, 0.5) is 10.2 Å². The number of ether oxygens (including phenoxy) is 1. The molecule has 1 aromatic rings. The monoisotopic (exact) mass is 388 g/mol. The van der Waals surface area contributed by atoms with Crippen LogP contribution in [-0.2, 0) is 10.3 Å². The van der Waals surface area contributed by atoms with Crippen LogP contribution in [0.1, 0.15) is 57.2 Å². The number of pyridine rings is 1. The lowest BCUT2D eigenvalue weighted by atomic mass is 9.45. The Morgan fingerprint density at radius 2 is 1.71 bits per heavy atom. The van der Waals surface area contributed by atoms with Crippen molar-refractivity contribution >= 4 is 5.82 Å². The fourth-order valence-corrected chi connectivity index (χ4v) is 7.12. The smallest absolute Gasteiger partial charge is 0.166 e. The highest BCUT2D eigenvalue weighted by molar-refractivity contribution is 5.47. The third kappa shape index (κ3) is 2.71. The van der Waals surface area contributed by atoms with Crippen molar-refractivity contribution in [2.75, 3.05) is 18.0 Å². The second-order valence-electron chi connectivity index (χ2n) is 10.2. The van der Waals surface area contributed by atoms with Gasteiger partial charge in [-0.15, -0.1) is 0 Å². The van der Waals surface area contributed by atoms with Crippen LogP contribution in [0.5, 0.6) is 0 Å². The summed E-state index contributed by atoms with van der Waals surface area (Å²) >= 11 is 0. The van der Waals surface area contributed by atoms with Crippen LogP contribution in [0.3, 0.4) is 0 Å². The molecule has 1 saturated heterocycles. The maximum Gasteiger partial charge on any atom is 0.166 e. The molecule has 1 aromatic heterocycles. The number of aromatic nitrogens is 1. The molecule has 6 heteroatoms. The zero-order chi connectivity index (χ0) is 19.8. The van der Waals surface area contributed by atoms with Crippen LogP contribution in [0.15, 0.2) is 6.07 Å². The number of morpholine rings is 1. The Hall–Kier alpha value is -1.24. The van der Waals surface area contributed by atoms with Crippen LogP contribution in [-0.4, -0.2) is 35.8 Å². The van der Waals surface area contributed by atoms with Gasteiger partial charge in [-0.1, -0.05) is 0 Å². The Bertz CT molecular complexity index is 773. The van der Waals surface area contributed by atoms with E-state index in [1.807, 2.05) is 25.7 Å². The summed E-state index contributed by atoms with van der Waals surface area (Å²) in [5.41, 5.74) is 15.0. The minimum atomic E-state index is -0.498. The second kappa shape index (κ2) is 6.13. The molecule has 6 rings (SSSR count). The Balaban J connectivity index is 1.51. The first-order valence-electron chi connectivity index (χ1n) is 10.8. The van der Waals surface area contributed by atoms with Crippen LogP contribution < -0.4 is 16.4 Å². The SMILES string of the molecule is Cc1nc(N2CC(C)OC(C)C2)c(F)cc1C1(N)C2CC3CC1CC(N)(C3)C2. The molecule has 0 amide bonds. The predicted octanol–water partition coefficient (Wildman–Crippen LogP) is 2.83. The van der Waals surface area contributed by atoms with E-state index in [1.54, 1.807) is 6.07 Å². The van der Waals surface area contributed by atoms with E-state index in [-0.39, 0.29) is 23.6 Å². The molecule has 5 nitrogen and oxygen atoms in total. The standard InChI is InChI=1S/C22H33FN4O/c1-12-10-27(11-13(2)28-12)20-19(23)6-18(14(3)26-20)22(25)16-4-15-5-17(22)9-21(24,7-15)8-16/h6,12-13,15-17H,4-5,7-11,24-25H2,1-3H3. The van der Waals surface area contributed by atoms with Gasteiger partial charge >= 0.3 is 0 Å². The van der Waals surface area contributed by atoms with Gasteiger partial charge in [0.05, 0.1) is 12.2 Å². The largest absolute Gasteiger partial charge is 0.372 e. The number of anilines is 1. The van der Waals surface area contributed by atoms with E-state index in [0.717, 1.165) is 43.4 Å². The minimum absolute atomic E-state index is 0.0563. The molecule has 4 atom stereocenters. The minimum Gasteiger partial charge on any atom is -0.372 e. The first kappa shape index (κ1) is 18.8. The summed E-state index contributed by atoms with van der Waals surface area (Å²) in [5.74, 6) is 1.53. The van der Waals surface area contributed by atoms with E-state index in [0.29, 0.717) is 36.7 Å². The molecule has 5 fully saturated rings. The van der Waals surface area contributed by atoms with Gasteiger partial charge in [-0.05, 0) is 82.3 Å². The molecule has 28 heavy (non-hydrogen) atoms. The van der Waals surface area contributed by atoms with E-state index in [4.69, 9.17) is 21.2 Å². The fourth-order valence-electron chi connectivity index (χ4n) is 7.12. The summed E-state index contributed by atoms with van der Waals surface area (Å²) in [6.45, 7) is 7.35. The maximum atomic E-state index is 15.3. The average molecular weight is 389 g/mol. The first-order chi connectivity index (χ1) is 13.2. The van der Waals surface area contributed by atoms with Crippen molar-refractivity contribution in [1.82, 2.24) is 4.98 Å². The van der Waals surface area contributed by atoms with Crippen molar-refractivity contribution in [3.63, 3.8) is 0 Å². The summed E-state index contributed by atoms with van der Waals surface area (Å²) in [7, 11) is 0. The van der Waals surface area contributed by atoms with Gasteiger partial charge in [-0.25, -0.2) is 9.37 Å². The van der Waals surface area contributed by atoms with E-state index < -0.39 is 5.54 Å². The number of nitrogens with two attached hydrogens (primary N) is 2. The van der Waals surface area contributed by atoms with E-state index >= 15 is 4.39 Å². The lowest BCUT2D eigenvalue weighted by Crippen LogP contribution is -2.68. The lowest BCUT2D eigenvalue weighted by Gasteiger charge is -2.63. The molecule has 154 valence electrons. The fraction of sp³-hybridized carbons (Fsp3) is 0.773. The Kier molecular flexibility index (Phi) is 4.11. The zero-order valence-electron chi connectivity index (χ0n) is 17.2. The lowest BCUT2D eigenvalue weighted by molar-refractivity contribution is -0.0721. The summed E-state index contributed by atoms with van der Waals surface area (Å²) < 4.78 is 21.1. The summed E-state index contributed by atoms with van der Waals surface area (Å²) in [6.07, 6.45) is 5.41. The van der Waals surface area contributed by atoms with Gasteiger partial charge in [0.15, 0.2) is 11.6 Å². The topological polar surface area (TPSA) is 77.4 Å². The number of aryl methyl sites for hydroxylation is 1. The molecule has 1 aliphatic heterocycles. The third-order valence-corrected chi connectivity index (χ3v) is 7.92. The van der Waals surface area contributed by atoms with Crippen molar-refractivity contribution in [2.24, 2.45) is 29.2 Å². The van der Waals surface area contributed by atoms with Gasteiger partial charge in [-0.3, -0.25) is 0 Å². The molecule has 0 radical (unpaired) electrons. The van der Waals surface area contributed by atoms with Crippen LogP contribution in [0.2, 0.25) is 0 Å². The van der Waals surface area contributed by atoms with Crippen LogP contribution in [0, 0.1) is 30.5 Å². The van der Waals surface area contributed by atoms with Crippen molar-refractivity contribution in [3.8, 4) is 0 Å². The molecule has 4 unspecified atom stereocenters. The number of halogens is 1. The van der Waals surface area contributed by atoms with Gasteiger partial charge < -0.3 is 21.1 Å². The number of hydrogen-bond acceptors (Lipinski definition) is 5. The molecule has 0 aromatic carbocycles. The third-order valence-electron chi connectivity index (χ3n) is 7.92. The molecular formula is C22H33FN4O. The Morgan fingerprint density at radius 1 is 1.11 bits per heavy atom. The van der Waals surface area contributed by atoms with Gasteiger partial charge in [0.1, 0.15) is 0 Å². The molecule has 4 aliphatic carbocycles. The quantitative estimate of drug-likeness (QED) is 0.815. The van der Waals surface area contributed by atoms with Crippen LogP contribution in [0.25, 0.3) is 0 Å². The summed E-state index contributed by atoms with van der Waals surface area (Å²) in [5, 5.41) is 0. The van der Waals surface area contributed by atoms with Crippen molar-refractivity contribution in [1.29, 1.82) is 0 Å². The van der Waals surface area contributed by atoms with Gasteiger partial charge in [0, 0.05) is 29.9 Å². The van der Waals surface area contributed by atoms with E-state index in [1.165, 1.54) is 0 Å². The highest BCUT2D eigenvalue weighted by Crippen LogP contribution is 2.61. The van der Waals surface area contributed by atoms with Gasteiger partial charge in [-0.2, -0.15) is 0 Å². The zero-order valence-corrected chi connectivity index (χ0v) is 17.2. The Morgan fingerprint density at radius 3 is 2.29 bits per heavy atom. The summed E-state index contributed by atoms with van der Waals surface area (Å²) in [4.78, 5) is 6.76. The molecular weight excluding hydrogens is 355 g/mol. The Labute approximate surface area is 167 Å². The van der Waals surface area contributed by atoms with Crippen LogP contribution >= 0.6 is 0 Å². The normalized spacial score (nSPS) is 44.9. The van der Waals surface area contributed by atoms with E-state index in [2.05, 4.69) is 0 Å². The molecule has 4 N–H and O–H groups in total. The average Bonchev–Trinajstić information content (AvgIpc) is 2.59.